The van der Waals surface area contributed by atoms with Gasteiger partial charge in [0.25, 0.3) is 0 Å². The molecule has 172 valence electrons. The van der Waals surface area contributed by atoms with Crippen molar-refractivity contribution in [2.75, 3.05) is 13.2 Å². The second-order valence-corrected chi connectivity index (χ2v) is 11.4. The standard InChI is InChI=1S/C30H32Br2O/c31-27(21-25-13-5-11-23-9-1-3-17-29(23)25)15-7-19-33-20-8-16-28(32)22-26-14-6-12-24-10-2-4-18-30(24)26/h1-6,9-14,17-18,27-28H,7-8,15-16,19-22H2. The van der Waals surface area contributed by atoms with Gasteiger partial charge in [0.1, 0.15) is 0 Å². The lowest BCUT2D eigenvalue weighted by Crippen LogP contribution is -2.08. The van der Waals surface area contributed by atoms with E-state index in [0.29, 0.717) is 9.65 Å². The van der Waals surface area contributed by atoms with Gasteiger partial charge in [-0.25, -0.2) is 0 Å². The van der Waals surface area contributed by atoms with Crippen molar-refractivity contribution >= 4 is 53.4 Å². The second-order valence-electron chi connectivity index (χ2n) is 8.78. The smallest absolute Gasteiger partial charge is 0.0466 e. The molecule has 0 bridgehead atoms. The van der Waals surface area contributed by atoms with Crippen molar-refractivity contribution in [3.8, 4) is 0 Å². The van der Waals surface area contributed by atoms with Gasteiger partial charge in [0.15, 0.2) is 0 Å². The van der Waals surface area contributed by atoms with Crippen molar-refractivity contribution in [2.45, 2.75) is 48.2 Å². The molecule has 0 aromatic heterocycles. The number of ether oxygens (including phenoxy) is 1. The van der Waals surface area contributed by atoms with Crippen molar-refractivity contribution in [2.24, 2.45) is 0 Å². The van der Waals surface area contributed by atoms with E-state index in [-0.39, 0.29) is 0 Å². The molecule has 4 rings (SSSR count). The highest BCUT2D eigenvalue weighted by atomic mass is 79.9. The Morgan fingerprint density at radius 2 is 0.970 bits per heavy atom. The van der Waals surface area contributed by atoms with E-state index in [0.717, 1.165) is 51.7 Å². The molecular formula is C30H32Br2O. The van der Waals surface area contributed by atoms with E-state index in [1.54, 1.807) is 0 Å². The number of rotatable bonds is 12. The molecule has 0 heterocycles. The van der Waals surface area contributed by atoms with Crippen LogP contribution in [0.2, 0.25) is 0 Å². The Balaban J connectivity index is 1.11. The molecule has 0 saturated carbocycles. The first-order chi connectivity index (χ1) is 16.2. The van der Waals surface area contributed by atoms with Gasteiger partial charge >= 0.3 is 0 Å². The van der Waals surface area contributed by atoms with Crippen LogP contribution in [0.4, 0.5) is 0 Å². The fourth-order valence-electron chi connectivity index (χ4n) is 4.54. The number of benzene rings is 4. The molecule has 0 radical (unpaired) electrons. The molecule has 1 nitrogen and oxygen atoms in total. The summed E-state index contributed by atoms with van der Waals surface area (Å²) in [4.78, 5) is 0.971. The van der Waals surface area contributed by atoms with Gasteiger partial charge in [0.05, 0.1) is 0 Å². The van der Waals surface area contributed by atoms with E-state index < -0.39 is 0 Å². The van der Waals surface area contributed by atoms with Crippen molar-refractivity contribution < 1.29 is 4.74 Å². The van der Waals surface area contributed by atoms with Crippen molar-refractivity contribution in [3.05, 3.63) is 96.1 Å². The predicted molar refractivity (Wildman–Crippen MR) is 150 cm³/mol. The van der Waals surface area contributed by atoms with Gasteiger partial charge in [-0.3, -0.25) is 0 Å². The summed E-state index contributed by atoms with van der Waals surface area (Å²) in [5.74, 6) is 0. The number of fused-ring (bicyclic) bond motifs is 2. The maximum Gasteiger partial charge on any atom is 0.0466 e. The Kier molecular flexibility index (Phi) is 9.40. The fraction of sp³-hybridized carbons (Fsp3) is 0.333. The number of hydrogen-bond donors (Lipinski definition) is 0. The third-order valence-corrected chi connectivity index (χ3v) is 7.82. The van der Waals surface area contributed by atoms with Gasteiger partial charge in [0, 0.05) is 22.9 Å². The topological polar surface area (TPSA) is 9.23 Å². The van der Waals surface area contributed by atoms with Crippen LogP contribution in [0.5, 0.6) is 0 Å². The zero-order valence-corrected chi connectivity index (χ0v) is 22.2. The maximum atomic E-state index is 5.93. The Morgan fingerprint density at radius 3 is 1.45 bits per heavy atom. The first-order valence-electron chi connectivity index (χ1n) is 12.0. The first kappa shape index (κ1) is 24.4. The van der Waals surface area contributed by atoms with Crippen LogP contribution in [0.25, 0.3) is 21.5 Å². The molecule has 3 heteroatoms. The summed E-state index contributed by atoms with van der Waals surface area (Å²) < 4.78 is 5.93. The molecule has 0 saturated heterocycles. The van der Waals surface area contributed by atoms with Crippen LogP contribution in [-0.2, 0) is 17.6 Å². The lowest BCUT2D eigenvalue weighted by molar-refractivity contribution is 0.126. The van der Waals surface area contributed by atoms with Gasteiger partial charge in [0.2, 0.25) is 0 Å². The molecule has 0 aliphatic rings. The van der Waals surface area contributed by atoms with E-state index in [1.807, 2.05) is 0 Å². The maximum absolute atomic E-state index is 5.93. The normalized spacial score (nSPS) is 13.4. The Labute approximate surface area is 214 Å². The largest absolute Gasteiger partial charge is 0.381 e. The average Bonchev–Trinajstić information content (AvgIpc) is 2.84. The van der Waals surface area contributed by atoms with E-state index >= 15 is 0 Å². The van der Waals surface area contributed by atoms with Crippen LogP contribution in [0.15, 0.2) is 84.9 Å². The van der Waals surface area contributed by atoms with E-state index in [2.05, 4.69) is 117 Å². The summed E-state index contributed by atoms with van der Waals surface area (Å²) in [7, 11) is 0. The monoisotopic (exact) mass is 566 g/mol. The third kappa shape index (κ3) is 7.15. The molecule has 4 aromatic rings. The molecule has 0 N–H and O–H groups in total. The molecule has 0 fully saturated rings. The van der Waals surface area contributed by atoms with Crippen molar-refractivity contribution in [1.29, 1.82) is 0 Å². The lowest BCUT2D eigenvalue weighted by atomic mass is 9.99. The summed E-state index contributed by atoms with van der Waals surface area (Å²) in [6.45, 7) is 1.68. The highest BCUT2D eigenvalue weighted by molar-refractivity contribution is 9.09. The molecule has 0 spiro atoms. The lowest BCUT2D eigenvalue weighted by Gasteiger charge is -2.13. The summed E-state index contributed by atoms with van der Waals surface area (Å²) in [6.07, 6.45) is 6.56. The molecule has 0 amide bonds. The Bertz CT molecular complexity index is 1050. The highest BCUT2D eigenvalue weighted by Crippen LogP contribution is 2.24. The third-order valence-electron chi connectivity index (χ3n) is 6.25. The second kappa shape index (κ2) is 12.7. The van der Waals surface area contributed by atoms with E-state index in [4.69, 9.17) is 4.74 Å². The molecule has 2 atom stereocenters. The van der Waals surface area contributed by atoms with Crippen LogP contribution in [0.3, 0.4) is 0 Å². The minimum Gasteiger partial charge on any atom is -0.381 e. The summed E-state index contributed by atoms with van der Waals surface area (Å²) in [5, 5.41) is 5.38. The minimum atomic E-state index is 0.486. The first-order valence-corrected chi connectivity index (χ1v) is 13.8. The predicted octanol–water partition coefficient (Wildman–Crippen LogP) is 8.88. The van der Waals surface area contributed by atoms with Crippen LogP contribution < -0.4 is 0 Å². The Hall–Kier alpha value is -1.68. The fourth-order valence-corrected chi connectivity index (χ4v) is 5.88. The molecule has 4 aromatic carbocycles. The summed E-state index contributed by atoms with van der Waals surface area (Å²) in [5.41, 5.74) is 2.84. The van der Waals surface area contributed by atoms with E-state index in [9.17, 15) is 0 Å². The van der Waals surface area contributed by atoms with Crippen LogP contribution >= 0.6 is 31.9 Å². The number of alkyl halides is 2. The van der Waals surface area contributed by atoms with Gasteiger partial charge in [-0.05, 0) is 71.2 Å². The summed E-state index contributed by atoms with van der Waals surface area (Å²) >= 11 is 7.78. The van der Waals surface area contributed by atoms with Crippen LogP contribution in [0, 0.1) is 0 Å². The van der Waals surface area contributed by atoms with Crippen LogP contribution in [-0.4, -0.2) is 22.9 Å². The molecular weight excluding hydrogens is 536 g/mol. The molecule has 0 aliphatic carbocycles. The summed E-state index contributed by atoms with van der Waals surface area (Å²) in [6, 6.07) is 30.5. The van der Waals surface area contributed by atoms with Gasteiger partial charge in [-0.15, -0.1) is 0 Å². The zero-order valence-electron chi connectivity index (χ0n) is 19.1. The average molecular weight is 568 g/mol. The molecule has 0 aliphatic heterocycles. The van der Waals surface area contributed by atoms with Crippen molar-refractivity contribution in [3.63, 3.8) is 0 Å². The number of halogens is 2. The Morgan fingerprint density at radius 1 is 0.545 bits per heavy atom. The molecule has 33 heavy (non-hydrogen) atoms. The number of hydrogen-bond acceptors (Lipinski definition) is 1. The zero-order chi connectivity index (χ0) is 22.9. The van der Waals surface area contributed by atoms with Crippen LogP contribution in [0.1, 0.15) is 36.8 Å². The SMILES string of the molecule is BrC(CCCOCCCC(Br)Cc1cccc2ccccc12)Cc1cccc2ccccc12. The van der Waals surface area contributed by atoms with E-state index in [1.165, 1.54) is 32.7 Å². The molecule has 2 unspecified atom stereocenters. The van der Waals surface area contributed by atoms with Gasteiger partial charge in [-0.2, -0.15) is 0 Å². The highest BCUT2D eigenvalue weighted by Gasteiger charge is 2.10. The van der Waals surface area contributed by atoms with Crippen molar-refractivity contribution in [1.82, 2.24) is 0 Å². The quantitative estimate of drug-likeness (QED) is 0.123. The van der Waals surface area contributed by atoms with Gasteiger partial charge in [-0.1, -0.05) is 117 Å². The van der Waals surface area contributed by atoms with Gasteiger partial charge < -0.3 is 4.74 Å². The minimum absolute atomic E-state index is 0.486.